The zero-order valence-corrected chi connectivity index (χ0v) is 17.5. The molecule has 2 heterocycles. The van der Waals surface area contributed by atoms with Crippen molar-refractivity contribution in [2.24, 2.45) is 0 Å². The summed E-state index contributed by atoms with van der Waals surface area (Å²) in [5.41, 5.74) is 1.36. The van der Waals surface area contributed by atoms with Crippen LogP contribution in [0, 0.1) is 0 Å². The lowest BCUT2D eigenvalue weighted by Crippen LogP contribution is -2.23. The van der Waals surface area contributed by atoms with E-state index in [-0.39, 0.29) is 5.56 Å². The molecule has 0 aliphatic carbocycles. The zero-order chi connectivity index (χ0) is 21.3. The Morgan fingerprint density at radius 3 is 2.47 bits per heavy atom. The molecule has 1 aromatic heterocycles. The van der Waals surface area contributed by atoms with Gasteiger partial charge < -0.3 is 4.74 Å². The van der Waals surface area contributed by atoms with Gasteiger partial charge in [0.05, 0.1) is 29.0 Å². The summed E-state index contributed by atoms with van der Waals surface area (Å²) in [7, 11) is 1.57. The number of methoxy groups -OCH3 is 1. The van der Waals surface area contributed by atoms with Crippen molar-refractivity contribution in [2.75, 3.05) is 12.9 Å². The van der Waals surface area contributed by atoms with Crippen LogP contribution in [0.2, 0.25) is 0 Å². The molecule has 0 saturated carbocycles. The Hall–Kier alpha value is -2.39. The van der Waals surface area contributed by atoms with E-state index < -0.39 is 11.7 Å². The molecule has 4 nitrogen and oxygen atoms in total. The molecule has 1 aliphatic heterocycles. The third kappa shape index (κ3) is 4.22. The van der Waals surface area contributed by atoms with Gasteiger partial charge in [0.25, 0.3) is 5.56 Å². The molecule has 1 aliphatic rings. The summed E-state index contributed by atoms with van der Waals surface area (Å²) in [4.78, 5) is 18.5. The van der Waals surface area contributed by atoms with Gasteiger partial charge in [0.15, 0.2) is 5.16 Å². The number of alkyl halides is 3. The first-order chi connectivity index (χ1) is 14.4. The summed E-state index contributed by atoms with van der Waals surface area (Å²) in [6.07, 6.45) is -3.63. The highest BCUT2D eigenvalue weighted by molar-refractivity contribution is 7.99. The molecule has 4 rings (SSSR count). The van der Waals surface area contributed by atoms with Gasteiger partial charge in [0, 0.05) is 17.9 Å². The van der Waals surface area contributed by atoms with E-state index in [1.807, 2.05) is 0 Å². The van der Waals surface area contributed by atoms with Crippen molar-refractivity contribution >= 4 is 23.5 Å². The quantitative estimate of drug-likeness (QED) is 0.395. The minimum absolute atomic E-state index is 0.123. The minimum Gasteiger partial charge on any atom is -0.497 e. The number of hydrogen-bond acceptors (Lipinski definition) is 5. The van der Waals surface area contributed by atoms with E-state index in [4.69, 9.17) is 9.72 Å². The van der Waals surface area contributed by atoms with Crippen molar-refractivity contribution < 1.29 is 17.9 Å². The monoisotopic (exact) mass is 450 g/mol. The number of aryl methyl sites for hydroxylation is 1. The summed E-state index contributed by atoms with van der Waals surface area (Å²) in [5, 5.41) is 0.520. The second-order valence-corrected chi connectivity index (χ2v) is 8.64. The van der Waals surface area contributed by atoms with Crippen molar-refractivity contribution in [2.45, 2.75) is 28.4 Å². The molecule has 0 amide bonds. The Morgan fingerprint density at radius 2 is 1.83 bits per heavy atom. The van der Waals surface area contributed by atoms with E-state index >= 15 is 0 Å². The molecule has 3 aromatic rings. The Morgan fingerprint density at radius 1 is 1.13 bits per heavy atom. The number of halogens is 3. The summed E-state index contributed by atoms with van der Waals surface area (Å²) < 4.78 is 45.1. The van der Waals surface area contributed by atoms with Crippen LogP contribution in [0.1, 0.15) is 16.8 Å². The standard InChI is InChI=1S/C21H17F3N2O2S2/c1-28-16-8-6-15(7-9-16)26-19(27)18-17(10-11-29-18)25-20(26)30-12-13-2-4-14(5-3-13)21(22,23)24/h2-9H,10-12H2,1H3. The summed E-state index contributed by atoms with van der Waals surface area (Å²) in [6.45, 7) is 0. The average molecular weight is 451 g/mol. The predicted molar refractivity (Wildman–Crippen MR) is 112 cm³/mol. The number of nitrogens with zero attached hydrogens (tertiary/aromatic N) is 2. The Balaban J connectivity index is 1.67. The fourth-order valence-corrected chi connectivity index (χ4v) is 5.09. The van der Waals surface area contributed by atoms with E-state index in [1.54, 1.807) is 35.9 Å². The first-order valence-electron chi connectivity index (χ1n) is 9.09. The van der Waals surface area contributed by atoms with Crippen molar-refractivity contribution in [1.82, 2.24) is 9.55 Å². The largest absolute Gasteiger partial charge is 0.497 e. The van der Waals surface area contributed by atoms with E-state index in [9.17, 15) is 18.0 Å². The van der Waals surface area contributed by atoms with Crippen LogP contribution in [0.4, 0.5) is 13.2 Å². The predicted octanol–water partition coefficient (Wildman–Crippen LogP) is 5.20. The molecule has 0 atom stereocenters. The van der Waals surface area contributed by atoms with Crippen LogP contribution in [0.5, 0.6) is 5.75 Å². The second kappa shape index (κ2) is 8.39. The molecule has 0 radical (unpaired) electrons. The van der Waals surface area contributed by atoms with Crippen LogP contribution in [-0.2, 0) is 18.3 Å². The zero-order valence-electron chi connectivity index (χ0n) is 15.9. The summed E-state index contributed by atoms with van der Waals surface area (Å²) in [5.74, 6) is 1.88. The maximum atomic E-state index is 13.1. The average Bonchev–Trinajstić information content (AvgIpc) is 3.21. The minimum atomic E-state index is -4.36. The Kier molecular flexibility index (Phi) is 5.84. The number of thioether (sulfide) groups is 2. The topological polar surface area (TPSA) is 44.1 Å². The molecular weight excluding hydrogens is 433 g/mol. The van der Waals surface area contributed by atoms with Gasteiger partial charge in [-0.2, -0.15) is 13.2 Å². The van der Waals surface area contributed by atoms with Gasteiger partial charge in [-0.3, -0.25) is 9.36 Å². The molecule has 0 bridgehead atoms. The number of benzene rings is 2. The van der Waals surface area contributed by atoms with Gasteiger partial charge in [-0.1, -0.05) is 23.9 Å². The molecular formula is C21H17F3N2O2S2. The van der Waals surface area contributed by atoms with Crippen LogP contribution >= 0.6 is 23.5 Å². The van der Waals surface area contributed by atoms with E-state index in [0.29, 0.717) is 27.2 Å². The fourth-order valence-electron chi connectivity index (χ4n) is 3.09. The lowest BCUT2D eigenvalue weighted by atomic mass is 10.1. The highest BCUT2D eigenvalue weighted by atomic mass is 32.2. The summed E-state index contributed by atoms with van der Waals surface area (Å²) in [6, 6.07) is 12.2. The third-order valence-electron chi connectivity index (χ3n) is 4.65. The number of fused-ring (bicyclic) bond motifs is 1. The second-order valence-electron chi connectivity index (χ2n) is 6.59. The molecule has 2 aromatic carbocycles. The van der Waals surface area contributed by atoms with Gasteiger partial charge in [0.2, 0.25) is 0 Å². The molecule has 9 heteroatoms. The molecule has 30 heavy (non-hydrogen) atoms. The first-order valence-corrected chi connectivity index (χ1v) is 11.1. The van der Waals surface area contributed by atoms with E-state index in [0.717, 1.165) is 35.6 Å². The van der Waals surface area contributed by atoms with Crippen molar-refractivity contribution in [3.8, 4) is 11.4 Å². The first kappa shape index (κ1) is 20.9. The van der Waals surface area contributed by atoms with Crippen LogP contribution in [0.25, 0.3) is 5.69 Å². The van der Waals surface area contributed by atoms with Gasteiger partial charge in [-0.25, -0.2) is 4.98 Å². The number of hydrogen-bond donors (Lipinski definition) is 0. The molecule has 0 fully saturated rings. The molecule has 0 unspecified atom stereocenters. The van der Waals surface area contributed by atoms with Crippen molar-refractivity contribution in [3.05, 3.63) is 75.7 Å². The van der Waals surface area contributed by atoms with E-state index in [1.165, 1.54) is 35.7 Å². The molecule has 0 spiro atoms. The maximum absolute atomic E-state index is 13.1. The number of rotatable bonds is 5. The van der Waals surface area contributed by atoms with Gasteiger partial charge in [-0.05, 0) is 42.0 Å². The van der Waals surface area contributed by atoms with E-state index in [2.05, 4.69) is 0 Å². The normalized spacial score (nSPS) is 13.3. The Labute approximate surface area is 179 Å². The molecule has 156 valence electrons. The van der Waals surface area contributed by atoms with Crippen molar-refractivity contribution in [1.29, 1.82) is 0 Å². The van der Waals surface area contributed by atoms with Crippen LogP contribution < -0.4 is 10.3 Å². The highest BCUT2D eigenvalue weighted by Gasteiger charge is 2.30. The highest BCUT2D eigenvalue weighted by Crippen LogP contribution is 2.32. The van der Waals surface area contributed by atoms with Gasteiger partial charge in [0.1, 0.15) is 5.75 Å². The number of ether oxygens (including phenoxy) is 1. The third-order valence-corrected chi connectivity index (χ3v) is 6.76. The van der Waals surface area contributed by atoms with Crippen molar-refractivity contribution in [3.63, 3.8) is 0 Å². The van der Waals surface area contributed by atoms with Gasteiger partial charge >= 0.3 is 6.18 Å². The smallest absolute Gasteiger partial charge is 0.416 e. The molecule has 0 saturated heterocycles. The fraction of sp³-hybridized carbons (Fsp3) is 0.238. The van der Waals surface area contributed by atoms with Crippen LogP contribution in [0.15, 0.2) is 63.4 Å². The SMILES string of the molecule is COc1ccc(-n2c(SCc3ccc(C(F)(F)F)cc3)nc3c(c2=O)SCC3)cc1. The lowest BCUT2D eigenvalue weighted by Gasteiger charge is -2.14. The number of aromatic nitrogens is 2. The summed E-state index contributed by atoms with van der Waals surface area (Å²) >= 11 is 2.83. The van der Waals surface area contributed by atoms with Gasteiger partial charge in [-0.15, -0.1) is 11.8 Å². The lowest BCUT2D eigenvalue weighted by molar-refractivity contribution is -0.137. The van der Waals surface area contributed by atoms with Crippen LogP contribution in [-0.4, -0.2) is 22.4 Å². The maximum Gasteiger partial charge on any atom is 0.416 e. The van der Waals surface area contributed by atoms with Crippen LogP contribution in [0.3, 0.4) is 0 Å². The Bertz CT molecular complexity index is 1110. The molecule has 0 N–H and O–H groups in total.